The molecule has 1 spiro atoms. The molecule has 0 radical (unpaired) electrons. The number of rotatable bonds is 3. The van der Waals surface area contributed by atoms with E-state index in [2.05, 4.69) is 20.9 Å². The van der Waals surface area contributed by atoms with Crippen LogP contribution in [-0.2, 0) is 15.0 Å². The van der Waals surface area contributed by atoms with Gasteiger partial charge in [0.25, 0.3) is 0 Å². The van der Waals surface area contributed by atoms with E-state index in [0.29, 0.717) is 16.9 Å². The summed E-state index contributed by atoms with van der Waals surface area (Å²) in [4.78, 5) is 48.0. The highest BCUT2D eigenvalue weighted by Gasteiger charge is 2.72. The molecule has 0 bridgehead atoms. The molecule has 3 aliphatic rings. The summed E-state index contributed by atoms with van der Waals surface area (Å²) in [5.41, 5.74) is 0.879. The van der Waals surface area contributed by atoms with E-state index >= 15 is 0 Å². The summed E-state index contributed by atoms with van der Waals surface area (Å²) in [6, 6.07) is 20.6. The van der Waals surface area contributed by atoms with Crippen molar-refractivity contribution in [3.63, 3.8) is 0 Å². The van der Waals surface area contributed by atoms with Gasteiger partial charge in [0.15, 0.2) is 11.6 Å². The van der Waals surface area contributed by atoms with Gasteiger partial charge in [0.05, 0.1) is 5.41 Å². The number of hydrogen-bond donors (Lipinski definition) is 0. The van der Waals surface area contributed by atoms with Crippen LogP contribution in [0.2, 0.25) is 0 Å². The average molecular weight is 513 g/mol. The standard InChI is InChI=1S/C28H21BrN2O3/c1-31-26-20(14-18(29)15-30-26)28(27(31)34)23(16-8-4-2-5-9-16)22-19(12-13-21(22)32)24(28)25(33)17-10-6-3-7-11-17/h2-15,19,22-24H,1H3/t19-,22-,23-,24-,28+/m1/s1. The van der Waals surface area contributed by atoms with Crippen molar-refractivity contribution in [3.8, 4) is 0 Å². The van der Waals surface area contributed by atoms with Gasteiger partial charge >= 0.3 is 0 Å². The normalized spacial score (nSPS) is 29.1. The number of allylic oxidation sites excluding steroid dienone is 2. The maximum absolute atomic E-state index is 14.3. The Labute approximate surface area is 205 Å². The molecule has 1 saturated carbocycles. The summed E-state index contributed by atoms with van der Waals surface area (Å²) in [5, 5.41) is 0. The summed E-state index contributed by atoms with van der Waals surface area (Å²) >= 11 is 3.53. The predicted octanol–water partition coefficient (Wildman–Crippen LogP) is 4.73. The smallest absolute Gasteiger partial charge is 0.240 e. The van der Waals surface area contributed by atoms with E-state index in [9.17, 15) is 14.4 Å². The van der Waals surface area contributed by atoms with Gasteiger partial charge in [0.1, 0.15) is 5.82 Å². The lowest BCUT2D eigenvalue weighted by molar-refractivity contribution is -0.124. The quantitative estimate of drug-likeness (QED) is 0.476. The van der Waals surface area contributed by atoms with Crippen LogP contribution >= 0.6 is 15.9 Å². The van der Waals surface area contributed by atoms with Gasteiger partial charge < -0.3 is 0 Å². The second-order valence-electron chi connectivity index (χ2n) is 9.22. The Bertz CT molecular complexity index is 1370. The number of amides is 1. The third kappa shape index (κ3) is 2.66. The highest BCUT2D eigenvalue weighted by molar-refractivity contribution is 9.10. The van der Waals surface area contributed by atoms with Crippen molar-refractivity contribution in [1.29, 1.82) is 0 Å². The molecule has 6 heteroatoms. The molecule has 1 amide bonds. The first kappa shape index (κ1) is 21.2. The lowest BCUT2D eigenvalue weighted by atomic mass is 9.62. The fraction of sp³-hybridized carbons (Fsp3) is 0.214. The maximum atomic E-state index is 14.3. The number of benzene rings is 2. The number of carbonyl (C=O) groups is 3. The zero-order chi connectivity index (χ0) is 23.6. The Kier molecular flexibility index (Phi) is 4.71. The average Bonchev–Trinajstić information content (AvgIpc) is 3.45. The van der Waals surface area contributed by atoms with Crippen molar-refractivity contribution < 1.29 is 14.4 Å². The van der Waals surface area contributed by atoms with E-state index in [1.165, 1.54) is 0 Å². The van der Waals surface area contributed by atoms with E-state index in [1.54, 1.807) is 36.4 Å². The number of likely N-dealkylation sites (N-methyl/N-ethyl adjacent to an activating group) is 1. The number of halogens is 1. The first-order valence-corrected chi connectivity index (χ1v) is 12.1. The van der Waals surface area contributed by atoms with E-state index in [-0.39, 0.29) is 23.4 Å². The minimum Gasteiger partial charge on any atom is -0.299 e. The summed E-state index contributed by atoms with van der Waals surface area (Å²) in [6.07, 6.45) is 5.10. The largest absolute Gasteiger partial charge is 0.299 e. The fourth-order valence-corrected chi connectivity index (χ4v) is 6.83. The number of fused-ring (bicyclic) bond motifs is 3. The van der Waals surface area contributed by atoms with Crippen molar-refractivity contribution in [2.24, 2.45) is 17.8 Å². The Balaban J connectivity index is 1.70. The van der Waals surface area contributed by atoms with Gasteiger partial charge in [0.2, 0.25) is 5.91 Å². The number of ketones is 2. The highest BCUT2D eigenvalue weighted by atomic mass is 79.9. The van der Waals surface area contributed by atoms with Crippen LogP contribution < -0.4 is 4.90 Å². The Hall–Kier alpha value is -3.38. The third-order valence-corrected chi connectivity index (χ3v) is 8.14. The minimum atomic E-state index is -1.25. The molecule has 2 heterocycles. The van der Waals surface area contributed by atoms with Gasteiger partial charge in [-0.05, 0) is 39.6 Å². The zero-order valence-electron chi connectivity index (χ0n) is 18.4. The second kappa shape index (κ2) is 7.57. The minimum absolute atomic E-state index is 0.0338. The topological polar surface area (TPSA) is 67.3 Å². The monoisotopic (exact) mass is 512 g/mol. The molecule has 168 valence electrons. The maximum Gasteiger partial charge on any atom is 0.240 e. The molecule has 0 saturated heterocycles. The Morgan fingerprint density at radius 2 is 1.71 bits per heavy atom. The lowest BCUT2D eigenvalue weighted by Crippen LogP contribution is -2.49. The molecule has 1 aromatic heterocycles. The van der Waals surface area contributed by atoms with Gasteiger partial charge in [-0.1, -0.05) is 66.7 Å². The van der Waals surface area contributed by atoms with Crippen LogP contribution in [0.4, 0.5) is 5.82 Å². The van der Waals surface area contributed by atoms with Crippen molar-refractivity contribution in [1.82, 2.24) is 4.98 Å². The van der Waals surface area contributed by atoms with Crippen LogP contribution in [0.1, 0.15) is 27.4 Å². The lowest BCUT2D eigenvalue weighted by Gasteiger charge is -2.36. The van der Waals surface area contributed by atoms with Crippen LogP contribution in [0.3, 0.4) is 0 Å². The van der Waals surface area contributed by atoms with Crippen molar-refractivity contribution in [2.75, 3.05) is 11.9 Å². The number of carbonyl (C=O) groups excluding carboxylic acids is 3. The molecule has 2 aromatic carbocycles. The highest BCUT2D eigenvalue weighted by Crippen LogP contribution is 2.66. The zero-order valence-corrected chi connectivity index (χ0v) is 20.0. The molecule has 1 aliphatic heterocycles. The summed E-state index contributed by atoms with van der Waals surface area (Å²) in [5.74, 6) is -1.92. The van der Waals surface area contributed by atoms with Crippen LogP contribution in [0.5, 0.6) is 0 Å². The van der Waals surface area contributed by atoms with E-state index < -0.39 is 23.2 Å². The van der Waals surface area contributed by atoms with Crippen LogP contribution in [-0.4, -0.2) is 29.5 Å². The molecule has 2 aliphatic carbocycles. The van der Waals surface area contributed by atoms with Crippen molar-refractivity contribution in [3.05, 3.63) is 106 Å². The summed E-state index contributed by atoms with van der Waals surface area (Å²) in [7, 11) is 1.70. The number of anilines is 1. The number of aromatic nitrogens is 1. The van der Waals surface area contributed by atoms with Crippen LogP contribution in [0.15, 0.2) is 89.6 Å². The number of pyridine rings is 1. The van der Waals surface area contributed by atoms with Crippen molar-refractivity contribution >= 4 is 39.2 Å². The molecule has 3 aromatic rings. The van der Waals surface area contributed by atoms with E-state index in [1.807, 2.05) is 60.7 Å². The van der Waals surface area contributed by atoms with E-state index in [0.717, 1.165) is 10.0 Å². The first-order valence-electron chi connectivity index (χ1n) is 11.3. The van der Waals surface area contributed by atoms with Crippen LogP contribution in [0, 0.1) is 17.8 Å². The molecular weight excluding hydrogens is 492 g/mol. The number of nitrogens with zero attached hydrogens (tertiary/aromatic N) is 2. The Morgan fingerprint density at radius 3 is 2.41 bits per heavy atom. The SMILES string of the molecule is CN1C(=O)[C@@]2(c3cc(Br)cnc31)[C@H](c1ccccc1)[C@H]1C(=O)C=C[C@H]1[C@@H]2C(=O)c1ccccc1. The summed E-state index contributed by atoms with van der Waals surface area (Å²) in [6.45, 7) is 0. The van der Waals surface area contributed by atoms with Gasteiger partial charge in [-0.3, -0.25) is 19.3 Å². The molecule has 1 fully saturated rings. The van der Waals surface area contributed by atoms with Gasteiger partial charge in [-0.25, -0.2) is 4.98 Å². The van der Waals surface area contributed by atoms with Gasteiger partial charge in [-0.2, -0.15) is 0 Å². The molecule has 0 unspecified atom stereocenters. The van der Waals surface area contributed by atoms with Gasteiger partial charge in [0, 0.05) is 46.6 Å². The molecule has 5 nitrogen and oxygen atoms in total. The van der Waals surface area contributed by atoms with Gasteiger partial charge in [-0.15, -0.1) is 0 Å². The molecule has 6 rings (SSSR count). The molecule has 0 N–H and O–H groups in total. The van der Waals surface area contributed by atoms with Crippen LogP contribution in [0.25, 0.3) is 0 Å². The number of hydrogen-bond acceptors (Lipinski definition) is 4. The fourth-order valence-electron chi connectivity index (χ4n) is 6.50. The second-order valence-corrected chi connectivity index (χ2v) is 10.1. The summed E-state index contributed by atoms with van der Waals surface area (Å²) < 4.78 is 0.727. The molecule has 34 heavy (non-hydrogen) atoms. The number of Topliss-reactive ketones (excluding diaryl/α,β-unsaturated/α-hetero) is 1. The van der Waals surface area contributed by atoms with Crippen molar-refractivity contribution in [2.45, 2.75) is 11.3 Å². The Morgan fingerprint density at radius 1 is 1.03 bits per heavy atom. The molecule has 5 atom stereocenters. The molecular formula is C28H21BrN2O3. The first-order chi connectivity index (χ1) is 16.5. The van der Waals surface area contributed by atoms with E-state index in [4.69, 9.17) is 0 Å². The predicted molar refractivity (Wildman–Crippen MR) is 132 cm³/mol. The third-order valence-electron chi connectivity index (χ3n) is 7.71.